The molecule has 0 radical (unpaired) electrons. The third-order valence-corrected chi connectivity index (χ3v) is 8.78. The van der Waals surface area contributed by atoms with Crippen LogP contribution in [0.2, 0.25) is 0 Å². The molecule has 2 N–H and O–H groups in total. The molecule has 0 saturated carbocycles. The van der Waals surface area contributed by atoms with Crippen LogP contribution in [0.15, 0.2) is 95.9 Å². The summed E-state index contributed by atoms with van der Waals surface area (Å²) in [6.07, 6.45) is 5.16. The van der Waals surface area contributed by atoms with Gasteiger partial charge in [0.25, 0.3) is 5.91 Å². The Kier molecular flexibility index (Phi) is 12.5. The molecule has 0 heterocycles. The molecule has 4 rings (SSSR count). The van der Waals surface area contributed by atoms with E-state index < -0.39 is 5.97 Å². The fraction of sp³-hybridized carbons (Fsp3) is 0.316. The molecule has 0 unspecified atom stereocenters. The number of rotatable bonds is 16. The first-order valence-electron chi connectivity index (χ1n) is 15.6. The number of amides is 1. The normalized spacial score (nSPS) is 10.9. The number of aliphatic carboxylic acids is 1. The molecule has 0 fully saturated rings. The number of carboxylic acid groups (broad SMARTS) is 1. The summed E-state index contributed by atoms with van der Waals surface area (Å²) in [7, 11) is 0. The van der Waals surface area contributed by atoms with Gasteiger partial charge in [0.15, 0.2) is 0 Å². The number of carboxylic acids is 1. The molecular formula is C38H44N2O3S. The van der Waals surface area contributed by atoms with E-state index in [1.165, 1.54) is 22.3 Å². The number of nitrogens with one attached hydrogen (secondary N) is 1. The van der Waals surface area contributed by atoms with Gasteiger partial charge in [-0.1, -0.05) is 87.4 Å². The van der Waals surface area contributed by atoms with Crippen molar-refractivity contribution in [3.8, 4) is 0 Å². The predicted octanol–water partition coefficient (Wildman–Crippen LogP) is 9.32. The molecule has 0 saturated heterocycles. The number of aryl methyl sites for hydroxylation is 3. The number of carbonyl (C=O) groups is 2. The first-order chi connectivity index (χ1) is 21.4. The van der Waals surface area contributed by atoms with Crippen molar-refractivity contribution in [3.63, 3.8) is 0 Å². The second kappa shape index (κ2) is 16.7. The van der Waals surface area contributed by atoms with Crippen molar-refractivity contribution in [3.05, 3.63) is 124 Å². The Balaban J connectivity index is 1.53. The van der Waals surface area contributed by atoms with E-state index in [0.717, 1.165) is 60.6 Å². The summed E-state index contributed by atoms with van der Waals surface area (Å²) in [4.78, 5) is 27.6. The zero-order chi connectivity index (χ0) is 31.3. The number of hydrogen-bond acceptors (Lipinski definition) is 4. The minimum atomic E-state index is -0.792. The molecular weight excluding hydrogens is 564 g/mol. The van der Waals surface area contributed by atoms with Crippen molar-refractivity contribution >= 4 is 35.0 Å². The van der Waals surface area contributed by atoms with E-state index in [1.807, 2.05) is 43.3 Å². The Morgan fingerprint density at radius 3 is 1.89 bits per heavy atom. The maximum Gasteiger partial charge on any atom is 0.303 e. The Bertz CT molecular complexity index is 1460. The van der Waals surface area contributed by atoms with Crippen molar-refractivity contribution in [2.24, 2.45) is 0 Å². The fourth-order valence-electron chi connectivity index (χ4n) is 5.27. The van der Waals surface area contributed by atoms with Crippen LogP contribution in [0.25, 0.3) is 0 Å². The zero-order valence-electron chi connectivity index (χ0n) is 26.1. The van der Waals surface area contributed by atoms with Crippen LogP contribution in [0.3, 0.4) is 0 Å². The Hall–Kier alpha value is -4.03. The van der Waals surface area contributed by atoms with Crippen LogP contribution in [0, 0.1) is 6.92 Å². The van der Waals surface area contributed by atoms with Crippen molar-refractivity contribution in [1.29, 1.82) is 0 Å². The standard InChI is InChI=1S/C38H44N2O3S/c1-4-9-29-14-18-31(19-15-29)26-40(27-32-20-16-30(10-5-2)17-21-32)33-22-23-34(28(3)25-33)38(43)39-35-11-6-7-12-36(35)44-24-8-13-37(41)42/h6-7,11-12,14-23,25H,4-5,8-10,13,24,26-27H2,1-3H3,(H,39,43)(H,41,42). The van der Waals surface area contributed by atoms with E-state index in [9.17, 15) is 9.59 Å². The summed E-state index contributed by atoms with van der Waals surface area (Å²) in [6.45, 7) is 7.93. The third-order valence-electron chi connectivity index (χ3n) is 7.62. The molecule has 5 nitrogen and oxygen atoms in total. The highest BCUT2D eigenvalue weighted by Gasteiger charge is 2.16. The molecule has 0 bridgehead atoms. The highest BCUT2D eigenvalue weighted by atomic mass is 32.2. The molecule has 0 atom stereocenters. The SMILES string of the molecule is CCCc1ccc(CN(Cc2ccc(CCC)cc2)c2ccc(C(=O)Nc3ccccc3SCCCC(=O)O)c(C)c2)cc1. The third kappa shape index (κ3) is 9.75. The van der Waals surface area contributed by atoms with Crippen molar-refractivity contribution < 1.29 is 14.7 Å². The van der Waals surface area contributed by atoms with E-state index in [4.69, 9.17) is 5.11 Å². The maximum atomic E-state index is 13.4. The van der Waals surface area contributed by atoms with Gasteiger partial charge in [0.1, 0.15) is 0 Å². The summed E-state index contributed by atoms with van der Waals surface area (Å²) in [6, 6.07) is 31.6. The van der Waals surface area contributed by atoms with Gasteiger partial charge in [-0.15, -0.1) is 11.8 Å². The van der Waals surface area contributed by atoms with Gasteiger partial charge in [0.05, 0.1) is 5.69 Å². The van der Waals surface area contributed by atoms with E-state index in [2.05, 4.69) is 78.7 Å². The summed E-state index contributed by atoms with van der Waals surface area (Å²) >= 11 is 1.56. The second-order valence-electron chi connectivity index (χ2n) is 11.3. The lowest BCUT2D eigenvalue weighted by molar-refractivity contribution is -0.137. The average Bonchev–Trinajstić information content (AvgIpc) is 3.01. The van der Waals surface area contributed by atoms with E-state index in [1.54, 1.807) is 11.8 Å². The molecule has 0 aliphatic heterocycles. The van der Waals surface area contributed by atoms with Gasteiger partial charge in [-0.3, -0.25) is 9.59 Å². The number of carbonyl (C=O) groups excluding carboxylic acids is 1. The van der Waals surface area contributed by atoms with Crippen molar-refractivity contribution in [1.82, 2.24) is 0 Å². The monoisotopic (exact) mass is 608 g/mol. The molecule has 44 heavy (non-hydrogen) atoms. The lowest BCUT2D eigenvalue weighted by Gasteiger charge is -2.26. The quantitative estimate of drug-likeness (QED) is 0.0980. The van der Waals surface area contributed by atoms with Crippen LogP contribution in [-0.2, 0) is 30.7 Å². The van der Waals surface area contributed by atoms with Gasteiger partial charge in [-0.2, -0.15) is 0 Å². The molecule has 1 amide bonds. The molecule has 230 valence electrons. The van der Waals surface area contributed by atoms with Crippen LogP contribution in [0.4, 0.5) is 11.4 Å². The van der Waals surface area contributed by atoms with Crippen LogP contribution >= 0.6 is 11.8 Å². The molecule has 4 aromatic rings. The smallest absolute Gasteiger partial charge is 0.303 e. The van der Waals surface area contributed by atoms with Crippen LogP contribution in [-0.4, -0.2) is 22.7 Å². The summed E-state index contributed by atoms with van der Waals surface area (Å²) in [5, 5.41) is 12.0. The number of nitrogens with zero attached hydrogens (tertiary/aromatic N) is 1. The topological polar surface area (TPSA) is 69.6 Å². The molecule has 0 aliphatic rings. The highest BCUT2D eigenvalue weighted by molar-refractivity contribution is 7.99. The van der Waals surface area contributed by atoms with Crippen molar-refractivity contribution in [2.45, 2.75) is 77.3 Å². The second-order valence-corrected chi connectivity index (χ2v) is 12.4. The lowest BCUT2D eigenvalue weighted by Crippen LogP contribution is -2.23. The summed E-state index contributed by atoms with van der Waals surface area (Å²) in [5.41, 5.74) is 8.58. The zero-order valence-corrected chi connectivity index (χ0v) is 27.0. The fourth-order valence-corrected chi connectivity index (χ4v) is 6.23. The predicted molar refractivity (Wildman–Crippen MR) is 184 cm³/mol. The van der Waals surface area contributed by atoms with Crippen LogP contribution in [0.1, 0.15) is 77.7 Å². The van der Waals surface area contributed by atoms with Gasteiger partial charge < -0.3 is 15.3 Å². The largest absolute Gasteiger partial charge is 0.481 e. The van der Waals surface area contributed by atoms with E-state index in [0.29, 0.717) is 17.7 Å². The number of anilines is 2. The number of para-hydroxylation sites is 1. The van der Waals surface area contributed by atoms with Gasteiger partial charge >= 0.3 is 5.97 Å². The highest BCUT2D eigenvalue weighted by Crippen LogP contribution is 2.29. The number of thioether (sulfide) groups is 1. The Morgan fingerprint density at radius 1 is 0.773 bits per heavy atom. The van der Waals surface area contributed by atoms with Gasteiger partial charge in [0.2, 0.25) is 0 Å². The summed E-state index contributed by atoms with van der Waals surface area (Å²) in [5.74, 6) is -0.276. The van der Waals surface area contributed by atoms with Crippen LogP contribution in [0.5, 0.6) is 0 Å². The molecule has 6 heteroatoms. The molecule has 0 aliphatic carbocycles. The van der Waals surface area contributed by atoms with Gasteiger partial charge in [0, 0.05) is 35.7 Å². The van der Waals surface area contributed by atoms with E-state index >= 15 is 0 Å². The maximum absolute atomic E-state index is 13.4. The number of hydrogen-bond donors (Lipinski definition) is 2. The minimum Gasteiger partial charge on any atom is -0.481 e. The first kappa shape index (κ1) is 32.9. The Morgan fingerprint density at radius 2 is 1.34 bits per heavy atom. The minimum absolute atomic E-state index is 0.137. The van der Waals surface area contributed by atoms with Crippen molar-refractivity contribution in [2.75, 3.05) is 16.0 Å². The molecule has 0 aromatic heterocycles. The number of benzene rings is 4. The average molecular weight is 609 g/mol. The van der Waals surface area contributed by atoms with Gasteiger partial charge in [-0.25, -0.2) is 0 Å². The molecule has 4 aromatic carbocycles. The first-order valence-corrected chi connectivity index (χ1v) is 16.6. The molecule has 0 spiro atoms. The van der Waals surface area contributed by atoms with Crippen LogP contribution < -0.4 is 10.2 Å². The van der Waals surface area contributed by atoms with Gasteiger partial charge in [-0.05, 0) is 90.1 Å². The Labute approximate surface area is 266 Å². The summed E-state index contributed by atoms with van der Waals surface area (Å²) < 4.78 is 0. The lowest BCUT2D eigenvalue weighted by atomic mass is 10.0. The van der Waals surface area contributed by atoms with E-state index in [-0.39, 0.29) is 12.3 Å².